The number of carbonyl (C=O) groups is 3. The number of alkyl carbamates (subject to hydrolysis) is 1. The van der Waals surface area contributed by atoms with Crippen LogP contribution in [0.4, 0.5) is 4.79 Å². The topological polar surface area (TPSA) is 90.9 Å². The van der Waals surface area contributed by atoms with Crippen LogP contribution in [-0.2, 0) is 30.2 Å². The maximum atomic E-state index is 13.2. The monoisotopic (exact) mass is 567 g/mol. The molecule has 3 aromatic rings. The molecule has 0 heterocycles. The SMILES string of the molecule is CC(C)(C)OC(=O)[C@H](Cc1ccccc1)OC(=O)C12CC(CNC(=O)OCC3c4ccccc4-c4ccccc43)(C1)C2. The van der Waals surface area contributed by atoms with E-state index in [1.165, 1.54) is 22.3 Å². The molecule has 1 N–H and O–H groups in total. The predicted molar refractivity (Wildman–Crippen MR) is 158 cm³/mol. The zero-order valence-electron chi connectivity index (χ0n) is 24.4. The van der Waals surface area contributed by atoms with Crippen LogP contribution >= 0.6 is 0 Å². The fourth-order valence-electron chi connectivity index (χ4n) is 6.93. The molecule has 3 aromatic carbocycles. The molecule has 3 saturated carbocycles. The van der Waals surface area contributed by atoms with E-state index in [0.29, 0.717) is 25.8 Å². The van der Waals surface area contributed by atoms with Gasteiger partial charge in [-0.2, -0.15) is 0 Å². The van der Waals surface area contributed by atoms with E-state index in [4.69, 9.17) is 14.2 Å². The Morgan fingerprint density at radius 2 is 1.43 bits per heavy atom. The van der Waals surface area contributed by atoms with Gasteiger partial charge in [0.15, 0.2) is 0 Å². The van der Waals surface area contributed by atoms with Gasteiger partial charge in [-0.15, -0.1) is 0 Å². The summed E-state index contributed by atoms with van der Waals surface area (Å²) in [6.45, 7) is 6.08. The smallest absolute Gasteiger partial charge is 0.407 e. The summed E-state index contributed by atoms with van der Waals surface area (Å²) in [5.74, 6) is -0.903. The number of esters is 2. The summed E-state index contributed by atoms with van der Waals surface area (Å²) in [5.41, 5.74) is 4.18. The van der Waals surface area contributed by atoms with E-state index in [1.807, 2.05) is 54.6 Å². The Kier molecular flexibility index (Phi) is 7.08. The van der Waals surface area contributed by atoms with Crippen LogP contribution in [0.1, 0.15) is 62.6 Å². The number of carbonyl (C=O) groups excluding carboxylic acids is 3. The largest absolute Gasteiger partial charge is 0.457 e. The van der Waals surface area contributed by atoms with Gasteiger partial charge in [-0.25, -0.2) is 9.59 Å². The summed E-state index contributed by atoms with van der Waals surface area (Å²) in [6, 6.07) is 25.9. The molecular weight excluding hydrogens is 530 g/mol. The van der Waals surface area contributed by atoms with Gasteiger partial charge in [0.05, 0.1) is 5.41 Å². The average Bonchev–Trinajstić information content (AvgIpc) is 3.23. The van der Waals surface area contributed by atoms with Crippen LogP contribution < -0.4 is 5.32 Å². The fraction of sp³-hybridized carbons (Fsp3) is 0.400. The average molecular weight is 568 g/mol. The summed E-state index contributed by atoms with van der Waals surface area (Å²) >= 11 is 0. The van der Waals surface area contributed by atoms with Gasteiger partial charge in [0.2, 0.25) is 6.10 Å². The Hall–Kier alpha value is -4.13. The van der Waals surface area contributed by atoms with Gasteiger partial charge < -0.3 is 19.5 Å². The highest BCUT2D eigenvalue weighted by Gasteiger charge is 2.72. The molecule has 7 rings (SSSR count). The number of amides is 1. The zero-order valence-corrected chi connectivity index (χ0v) is 24.4. The summed E-state index contributed by atoms with van der Waals surface area (Å²) in [7, 11) is 0. The van der Waals surface area contributed by atoms with Crippen LogP contribution in [0.2, 0.25) is 0 Å². The molecule has 4 aliphatic rings. The molecule has 1 amide bonds. The third-order valence-corrected chi connectivity index (χ3v) is 8.71. The molecule has 0 radical (unpaired) electrons. The molecule has 7 heteroatoms. The lowest BCUT2D eigenvalue weighted by molar-refractivity contribution is -0.231. The summed E-state index contributed by atoms with van der Waals surface area (Å²) < 4.78 is 17.0. The molecule has 0 aliphatic heterocycles. The number of fused-ring (bicyclic) bond motifs is 3. The maximum absolute atomic E-state index is 13.2. The lowest BCUT2D eigenvalue weighted by atomic mass is 9.35. The van der Waals surface area contributed by atoms with E-state index in [-0.39, 0.29) is 30.3 Å². The molecular formula is C35H37NO6. The Morgan fingerprint density at radius 1 is 0.857 bits per heavy atom. The highest BCUT2D eigenvalue weighted by Crippen LogP contribution is 2.73. The molecule has 0 unspecified atom stereocenters. The summed E-state index contributed by atoms with van der Waals surface area (Å²) in [5, 5.41) is 2.92. The number of benzene rings is 3. The number of hydrogen-bond acceptors (Lipinski definition) is 6. The van der Waals surface area contributed by atoms with Crippen LogP contribution in [0.3, 0.4) is 0 Å². The van der Waals surface area contributed by atoms with Gasteiger partial charge in [-0.1, -0.05) is 78.9 Å². The Bertz CT molecular complexity index is 1440. The predicted octanol–water partition coefficient (Wildman–Crippen LogP) is 6.19. The fourth-order valence-corrected chi connectivity index (χ4v) is 6.93. The van der Waals surface area contributed by atoms with Crippen LogP contribution in [0.15, 0.2) is 78.9 Å². The molecule has 42 heavy (non-hydrogen) atoms. The van der Waals surface area contributed by atoms with Gasteiger partial charge in [0, 0.05) is 18.9 Å². The van der Waals surface area contributed by atoms with Gasteiger partial charge in [0.25, 0.3) is 0 Å². The van der Waals surface area contributed by atoms with E-state index in [2.05, 4.69) is 29.6 Å². The summed E-state index contributed by atoms with van der Waals surface area (Å²) in [4.78, 5) is 38.8. The van der Waals surface area contributed by atoms with Crippen molar-refractivity contribution in [2.45, 2.75) is 64.1 Å². The minimum Gasteiger partial charge on any atom is -0.457 e. The number of rotatable bonds is 9. The number of ether oxygens (including phenoxy) is 3. The first-order chi connectivity index (χ1) is 20.1. The van der Waals surface area contributed by atoms with Crippen LogP contribution in [0, 0.1) is 10.8 Å². The molecule has 4 aliphatic carbocycles. The Morgan fingerprint density at radius 3 is 2.02 bits per heavy atom. The first kappa shape index (κ1) is 28.0. The Balaban J connectivity index is 1.00. The van der Waals surface area contributed by atoms with Gasteiger partial charge in [-0.05, 0) is 73.3 Å². The maximum Gasteiger partial charge on any atom is 0.407 e. The lowest BCUT2D eigenvalue weighted by Crippen LogP contribution is -2.69. The normalized spacial score (nSPS) is 22.5. The number of hydrogen-bond donors (Lipinski definition) is 1. The lowest BCUT2D eigenvalue weighted by Gasteiger charge is -2.68. The number of nitrogens with one attached hydrogen (secondary N) is 1. The second kappa shape index (κ2) is 10.6. The van der Waals surface area contributed by atoms with Crippen molar-refractivity contribution in [2.75, 3.05) is 13.2 Å². The van der Waals surface area contributed by atoms with E-state index < -0.39 is 29.2 Å². The zero-order chi connectivity index (χ0) is 29.5. The third kappa shape index (κ3) is 5.40. The molecule has 7 nitrogen and oxygen atoms in total. The van der Waals surface area contributed by atoms with Crippen molar-refractivity contribution in [3.05, 3.63) is 95.6 Å². The van der Waals surface area contributed by atoms with E-state index in [1.54, 1.807) is 20.8 Å². The molecule has 3 fully saturated rings. The van der Waals surface area contributed by atoms with Crippen LogP contribution in [-0.4, -0.2) is 42.9 Å². The van der Waals surface area contributed by atoms with Crippen molar-refractivity contribution < 1.29 is 28.6 Å². The van der Waals surface area contributed by atoms with E-state index in [9.17, 15) is 14.4 Å². The standard InChI is InChI=1S/C35H37NO6/c1-33(2,3)42-30(37)29(17-23-11-5-4-6-12-23)41-31(38)35-19-34(20-35,21-35)22-36-32(39)40-18-28-26-15-9-7-13-24(26)25-14-8-10-16-27(25)28/h4-16,28-29H,17-22H2,1-3H3,(H,36,39)/t29-,34?,35?/m0/s1. The van der Waals surface area contributed by atoms with Crippen molar-refractivity contribution in [3.63, 3.8) is 0 Å². The molecule has 2 bridgehead atoms. The highest BCUT2D eigenvalue weighted by molar-refractivity contribution is 5.85. The second-order valence-corrected chi connectivity index (χ2v) is 13.1. The molecule has 218 valence electrons. The molecule has 0 saturated heterocycles. The van der Waals surface area contributed by atoms with Crippen molar-refractivity contribution in [3.8, 4) is 11.1 Å². The van der Waals surface area contributed by atoms with Crippen molar-refractivity contribution in [2.24, 2.45) is 10.8 Å². The van der Waals surface area contributed by atoms with Crippen molar-refractivity contribution >= 4 is 18.0 Å². The minimum atomic E-state index is -1.01. The molecule has 0 spiro atoms. The summed E-state index contributed by atoms with van der Waals surface area (Å²) in [6.07, 6.45) is 0.652. The first-order valence-electron chi connectivity index (χ1n) is 14.6. The van der Waals surface area contributed by atoms with Crippen molar-refractivity contribution in [1.82, 2.24) is 5.32 Å². The van der Waals surface area contributed by atoms with Gasteiger partial charge in [-0.3, -0.25) is 4.79 Å². The van der Waals surface area contributed by atoms with Gasteiger partial charge in [0.1, 0.15) is 12.2 Å². The molecule has 1 atom stereocenters. The third-order valence-electron chi connectivity index (χ3n) is 8.71. The van der Waals surface area contributed by atoms with Crippen LogP contribution in [0.5, 0.6) is 0 Å². The second-order valence-electron chi connectivity index (χ2n) is 13.1. The minimum absolute atomic E-state index is 0.00458. The van der Waals surface area contributed by atoms with Gasteiger partial charge >= 0.3 is 18.0 Å². The van der Waals surface area contributed by atoms with Crippen molar-refractivity contribution in [1.29, 1.82) is 0 Å². The Labute approximate surface area is 246 Å². The van der Waals surface area contributed by atoms with Crippen LogP contribution in [0.25, 0.3) is 11.1 Å². The van der Waals surface area contributed by atoms with E-state index >= 15 is 0 Å². The quantitative estimate of drug-likeness (QED) is 0.245. The molecule has 0 aromatic heterocycles. The van der Waals surface area contributed by atoms with E-state index in [0.717, 1.165) is 5.56 Å². The first-order valence-corrected chi connectivity index (χ1v) is 14.6. The highest BCUT2D eigenvalue weighted by atomic mass is 16.6.